The lowest BCUT2D eigenvalue weighted by Crippen LogP contribution is -2.10. The molecule has 1 heterocycles. The highest BCUT2D eigenvalue weighted by atomic mass is 35.5. The number of nitrogen functional groups attached to an aromatic ring is 2. The molecular weight excluding hydrogens is 316 g/mol. The zero-order valence-electron chi connectivity index (χ0n) is 11.6. The Bertz CT molecular complexity index is 852. The van der Waals surface area contributed by atoms with Gasteiger partial charge in [0.25, 0.3) is 0 Å². The van der Waals surface area contributed by atoms with Gasteiger partial charge in [-0.2, -0.15) is 0 Å². The van der Waals surface area contributed by atoms with Crippen LogP contribution in [-0.2, 0) is 0 Å². The highest BCUT2D eigenvalue weighted by Gasteiger charge is 2.06. The van der Waals surface area contributed by atoms with Gasteiger partial charge in [-0.15, -0.1) is 23.7 Å². The van der Waals surface area contributed by atoms with Crippen LogP contribution >= 0.6 is 23.7 Å². The van der Waals surface area contributed by atoms with Crippen molar-refractivity contribution in [3.05, 3.63) is 59.7 Å². The van der Waals surface area contributed by atoms with Gasteiger partial charge < -0.3 is 11.5 Å². The van der Waals surface area contributed by atoms with E-state index in [4.69, 9.17) is 22.3 Å². The van der Waals surface area contributed by atoms with Crippen LogP contribution in [0, 0.1) is 10.8 Å². The van der Waals surface area contributed by atoms with Crippen molar-refractivity contribution in [2.24, 2.45) is 11.5 Å². The molecule has 1 aromatic heterocycles. The molecule has 0 atom stereocenters. The summed E-state index contributed by atoms with van der Waals surface area (Å²) in [5.41, 5.74) is 13.5. The van der Waals surface area contributed by atoms with E-state index >= 15 is 0 Å². The van der Waals surface area contributed by atoms with E-state index in [9.17, 15) is 0 Å². The maximum Gasteiger partial charge on any atom is 0.122 e. The summed E-state index contributed by atoms with van der Waals surface area (Å²) in [4.78, 5) is 1.14. The fourth-order valence-electron chi connectivity index (χ4n) is 2.17. The third-order valence-corrected chi connectivity index (χ3v) is 4.47. The SMILES string of the molecule is Cl.N=C(N)c1ccc(-c2cc3cc(C(=N)N)ccc3s2)cc1. The maximum atomic E-state index is 7.49. The predicted octanol–water partition coefficient (Wildman–Crippen LogP) is 3.56. The Labute approximate surface area is 138 Å². The standard InChI is InChI=1S/C16H14N4S.ClH/c17-15(18)10-3-1-9(2-4-10)14-8-12-7-11(16(19)20)5-6-13(12)21-14;/h1-8H,(H3,17,18)(H3,19,20);1H. The molecule has 6 heteroatoms. The average molecular weight is 331 g/mol. The average Bonchev–Trinajstić information content (AvgIpc) is 2.90. The maximum absolute atomic E-state index is 7.49. The summed E-state index contributed by atoms with van der Waals surface area (Å²) in [7, 11) is 0. The summed E-state index contributed by atoms with van der Waals surface area (Å²) in [5.74, 6) is 0.152. The van der Waals surface area contributed by atoms with Gasteiger partial charge in [0.2, 0.25) is 0 Å². The summed E-state index contributed by atoms with van der Waals surface area (Å²) < 4.78 is 1.16. The van der Waals surface area contributed by atoms with Crippen LogP contribution in [0.2, 0.25) is 0 Å². The van der Waals surface area contributed by atoms with Crippen molar-refractivity contribution in [1.29, 1.82) is 10.8 Å². The van der Waals surface area contributed by atoms with Crippen LogP contribution in [0.3, 0.4) is 0 Å². The molecule has 0 unspecified atom stereocenters. The smallest absolute Gasteiger partial charge is 0.122 e. The van der Waals surface area contributed by atoms with E-state index in [0.29, 0.717) is 0 Å². The Morgan fingerprint density at radius 3 is 2.00 bits per heavy atom. The Morgan fingerprint density at radius 2 is 1.41 bits per heavy atom. The number of fused-ring (bicyclic) bond motifs is 1. The van der Waals surface area contributed by atoms with Gasteiger partial charge in [-0.25, -0.2) is 0 Å². The molecule has 0 spiro atoms. The fourth-order valence-corrected chi connectivity index (χ4v) is 3.22. The Hall–Kier alpha value is -2.37. The monoisotopic (exact) mass is 330 g/mol. The lowest BCUT2D eigenvalue weighted by molar-refractivity contribution is 1.43. The lowest BCUT2D eigenvalue weighted by Gasteiger charge is -2.00. The van der Waals surface area contributed by atoms with E-state index in [-0.39, 0.29) is 24.1 Å². The van der Waals surface area contributed by atoms with Crippen LogP contribution in [0.4, 0.5) is 0 Å². The van der Waals surface area contributed by atoms with Gasteiger partial charge >= 0.3 is 0 Å². The summed E-state index contributed by atoms with van der Waals surface area (Å²) in [5, 5.41) is 16.0. The first kappa shape index (κ1) is 16.0. The van der Waals surface area contributed by atoms with Gasteiger partial charge in [0.05, 0.1) is 0 Å². The number of halogens is 1. The van der Waals surface area contributed by atoms with Crippen molar-refractivity contribution in [1.82, 2.24) is 0 Å². The molecule has 0 aliphatic carbocycles. The second kappa shape index (κ2) is 6.17. The highest BCUT2D eigenvalue weighted by molar-refractivity contribution is 7.22. The van der Waals surface area contributed by atoms with Crippen molar-refractivity contribution in [3.8, 4) is 10.4 Å². The molecule has 0 saturated carbocycles. The molecule has 4 nitrogen and oxygen atoms in total. The van der Waals surface area contributed by atoms with Crippen LogP contribution in [0.5, 0.6) is 0 Å². The normalized spacial score (nSPS) is 10.2. The molecule has 0 amide bonds. The summed E-state index contributed by atoms with van der Waals surface area (Å²) in [6.45, 7) is 0. The highest BCUT2D eigenvalue weighted by Crippen LogP contribution is 2.34. The molecule has 0 bridgehead atoms. The first-order valence-electron chi connectivity index (χ1n) is 6.37. The number of amidine groups is 2. The van der Waals surface area contributed by atoms with Crippen molar-refractivity contribution < 1.29 is 0 Å². The minimum Gasteiger partial charge on any atom is -0.384 e. The fraction of sp³-hybridized carbons (Fsp3) is 0. The number of benzene rings is 2. The van der Waals surface area contributed by atoms with Crippen LogP contribution in [-0.4, -0.2) is 11.7 Å². The van der Waals surface area contributed by atoms with E-state index in [1.807, 2.05) is 42.5 Å². The Morgan fingerprint density at radius 1 is 0.818 bits per heavy atom. The first-order valence-corrected chi connectivity index (χ1v) is 7.19. The number of hydrogen-bond donors (Lipinski definition) is 4. The van der Waals surface area contributed by atoms with E-state index in [2.05, 4.69) is 6.07 Å². The molecular formula is C16H15ClN4S. The molecule has 0 radical (unpaired) electrons. The number of nitrogens with one attached hydrogen (secondary N) is 2. The summed E-state index contributed by atoms with van der Waals surface area (Å²) in [6.07, 6.45) is 0. The number of rotatable bonds is 3. The van der Waals surface area contributed by atoms with Crippen molar-refractivity contribution in [2.45, 2.75) is 0 Å². The molecule has 2 aromatic carbocycles. The molecule has 3 rings (SSSR count). The molecule has 0 saturated heterocycles. The van der Waals surface area contributed by atoms with Crippen LogP contribution in [0.15, 0.2) is 48.5 Å². The topological polar surface area (TPSA) is 99.7 Å². The number of hydrogen-bond acceptors (Lipinski definition) is 3. The predicted molar refractivity (Wildman–Crippen MR) is 96.5 cm³/mol. The van der Waals surface area contributed by atoms with Crippen molar-refractivity contribution in [3.63, 3.8) is 0 Å². The lowest BCUT2D eigenvalue weighted by atomic mass is 10.1. The van der Waals surface area contributed by atoms with E-state index < -0.39 is 0 Å². The van der Waals surface area contributed by atoms with E-state index in [1.54, 1.807) is 11.3 Å². The molecule has 0 aliphatic heterocycles. The molecule has 3 aromatic rings. The largest absolute Gasteiger partial charge is 0.384 e. The third kappa shape index (κ3) is 2.95. The second-order valence-electron chi connectivity index (χ2n) is 4.77. The first-order chi connectivity index (χ1) is 10.0. The van der Waals surface area contributed by atoms with Gasteiger partial charge in [0, 0.05) is 20.7 Å². The van der Waals surface area contributed by atoms with Gasteiger partial charge in [-0.1, -0.05) is 24.3 Å². The number of thiophene rings is 1. The molecule has 112 valence electrons. The zero-order chi connectivity index (χ0) is 15.0. The summed E-state index contributed by atoms with van der Waals surface area (Å²) in [6, 6.07) is 15.5. The van der Waals surface area contributed by atoms with Crippen LogP contribution in [0.1, 0.15) is 11.1 Å². The van der Waals surface area contributed by atoms with Gasteiger partial charge in [0.15, 0.2) is 0 Å². The Kier molecular flexibility index (Phi) is 4.49. The van der Waals surface area contributed by atoms with Gasteiger partial charge in [0.1, 0.15) is 11.7 Å². The van der Waals surface area contributed by atoms with Crippen molar-refractivity contribution >= 4 is 45.5 Å². The zero-order valence-corrected chi connectivity index (χ0v) is 13.2. The Balaban J connectivity index is 0.00000176. The molecule has 6 N–H and O–H groups in total. The molecule has 22 heavy (non-hydrogen) atoms. The molecule has 0 aliphatic rings. The van der Waals surface area contributed by atoms with Gasteiger partial charge in [-0.3, -0.25) is 10.8 Å². The van der Waals surface area contributed by atoms with E-state index in [1.165, 1.54) is 0 Å². The van der Waals surface area contributed by atoms with Gasteiger partial charge in [-0.05, 0) is 35.2 Å². The third-order valence-electron chi connectivity index (χ3n) is 3.31. The van der Waals surface area contributed by atoms with Crippen LogP contribution < -0.4 is 11.5 Å². The number of nitrogens with two attached hydrogens (primary N) is 2. The van der Waals surface area contributed by atoms with Crippen LogP contribution in [0.25, 0.3) is 20.5 Å². The quantitative estimate of drug-likeness (QED) is 0.436. The van der Waals surface area contributed by atoms with E-state index in [0.717, 1.165) is 31.7 Å². The minimum absolute atomic E-state index is 0. The van der Waals surface area contributed by atoms with Crippen molar-refractivity contribution in [2.75, 3.05) is 0 Å². The molecule has 0 fully saturated rings. The minimum atomic E-state index is 0. The second-order valence-corrected chi connectivity index (χ2v) is 5.85. The summed E-state index contributed by atoms with van der Waals surface area (Å²) >= 11 is 1.69.